The zero-order valence-electron chi connectivity index (χ0n) is 8.28. The van der Waals surface area contributed by atoms with Gasteiger partial charge in [0, 0.05) is 6.07 Å². The number of hydrogen-bond donors (Lipinski definition) is 2. The van der Waals surface area contributed by atoms with Crippen molar-refractivity contribution in [1.29, 1.82) is 0 Å². The third kappa shape index (κ3) is 1.65. The smallest absolute Gasteiger partial charge is 0.347 e. The molecule has 0 radical (unpaired) electrons. The van der Waals surface area contributed by atoms with Crippen molar-refractivity contribution >= 4 is 12.2 Å². The van der Waals surface area contributed by atoms with Crippen molar-refractivity contribution in [3.05, 3.63) is 39.3 Å². The topological polar surface area (TPSA) is 62.8 Å². The van der Waals surface area contributed by atoms with Gasteiger partial charge in [0.2, 0.25) is 4.77 Å². The zero-order valence-corrected chi connectivity index (χ0v) is 9.10. The fourth-order valence-electron chi connectivity index (χ4n) is 1.33. The minimum Gasteiger partial charge on any atom is -0.494 e. The summed E-state index contributed by atoms with van der Waals surface area (Å²) in [6.07, 6.45) is 0. The lowest BCUT2D eigenvalue weighted by atomic mass is 10.3. The quantitative estimate of drug-likeness (QED) is 0.780. The lowest BCUT2D eigenvalue weighted by Crippen LogP contribution is -2.14. The molecule has 0 fully saturated rings. The average molecular weight is 241 g/mol. The minimum atomic E-state index is -0.496. The van der Waals surface area contributed by atoms with Crippen LogP contribution < -0.4 is 10.4 Å². The van der Waals surface area contributed by atoms with Gasteiger partial charge in [-0.3, -0.25) is 5.10 Å². The van der Waals surface area contributed by atoms with Gasteiger partial charge in [0.25, 0.3) is 0 Å². The number of hydrogen-bond acceptors (Lipinski definition) is 3. The minimum absolute atomic E-state index is 0.0556. The molecule has 7 heteroatoms. The van der Waals surface area contributed by atoms with Crippen LogP contribution in [0.1, 0.15) is 0 Å². The van der Waals surface area contributed by atoms with Crippen molar-refractivity contribution in [3.63, 3.8) is 0 Å². The van der Waals surface area contributed by atoms with Crippen LogP contribution in [0.2, 0.25) is 0 Å². The SMILES string of the molecule is COc1cc(-n2c(=O)[nH][nH]c2=S)ccc1F. The monoisotopic (exact) mass is 241 g/mol. The highest BCUT2D eigenvalue weighted by Gasteiger charge is 2.08. The second-order valence-electron chi connectivity index (χ2n) is 3.01. The van der Waals surface area contributed by atoms with E-state index in [0.717, 1.165) is 0 Å². The van der Waals surface area contributed by atoms with E-state index in [-0.39, 0.29) is 10.5 Å². The number of halogens is 1. The molecule has 0 aliphatic heterocycles. The maximum absolute atomic E-state index is 13.2. The van der Waals surface area contributed by atoms with Crippen LogP contribution in [-0.4, -0.2) is 21.9 Å². The number of H-pyrrole nitrogens is 2. The fourth-order valence-corrected chi connectivity index (χ4v) is 1.57. The van der Waals surface area contributed by atoms with Gasteiger partial charge in [0.1, 0.15) is 0 Å². The molecule has 0 aliphatic rings. The van der Waals surface area contributed by atoms with E-state index < -0.39 is 11.5 Å². The highest BCUT2D eigenvalue weighted by molar-refractivity contribution is 7.71. The molecule has 2 aromatic rings. The van der Waals surface area contributed by atoms with Crippen molar-refractivity contribution in [2.75, 3.05) is 7.11 Å². The molecule has 0 unspecified atom stereocenters. The number of methoxy groups -OCH3 is 1. The number of ether oxygens (including phenoxy) is 1. The zero-order chi connectivity index (χ0) is 11.7. The Labute approximate surface area is 94.5 Å². The van der Waals surface area contributed by atoms with Crippen molar-refractivity contribution < 1.29 is 9.13 Å². The standard InChI is InChI=1S/C9H8FN3O2S/c1-15-7-4-5(2-3-6(7)10)13-8(14)11-12-9(13)16/h2-4H,1H3,(H,11,14)(H,12,16). The highest BCUT2D eigenvalue weighted by Crippen LogP contribution is 2.19. The summed E-state index contributed by atoms with van der Waals surface area (Å²) >= 11 is 4.91. The third-order valence-corrected chi connectivity index (χ3v) is 2.36. The molecule has 16 heavy (non-hydrogen) atoms. The fraction of sp³-hybridized carbons (Fsp3) is 0.111. The molecule has 1 aromatic heterocycles. The van der Waals surface area contributed by atoms with Crippen molar-refractivity contribution in [2.24, 2.45) is 0 Å². The molecule has 84 valence electrons. The van der Waals surface area contributed by atoms with Gasteiger partial charge in [0.15, 0.2) is 11.6 Å². The molecule has 1 aromatic carbocycles. The van der Waals surface area contributed by atoms with Gasteiger partial charge in [-0.05, 0) is 24.4 Å². The third-order valence-electron chi connectivity index (χ3n) is 2.08. The van der Waals surface area contributed by atoms with Crippen LogP contribution in [0.4, 0.5) is 4.39 Å². The molecule has 0 saturated heterocycles. The van der Waals surface area contributed by atoms with Crippen molar-refractivity contribution in [1.82, 2.24) is 14.8 Å². The number of aromatic nitrogens is 3. The van der Waals surface area contributed by atoms with Crippen LogP contribution in [0.5, 0.6) is 5.75 Å². The molecule has 2 rings (SSSR count). The van der Waals surface area contributed by atoms with Gasteiger partial charge >= 0.3 is 5.69 Å². The summed E-state index contributed by atoms with van der Waals surface area (Å²) in [4.78, 5) is 11.4. The van der Waals surface area contributed by atoms with Crippen LogP contribution in [0.15, 0.2) is 23.0 Å². The van der Waals surface area contributed by atoms with Gasteiger partial charge in [-0.1, -0.05) is 0 Å². The van der Waals surface area contributed by atoms with E-state index in [1.165, 1.54) is 29.9 Å². The Morgan fingerprint density at radius 3 is 2.75 bits per heavy atom. The van der Waals surface area contributed by atoms with Gasteiger partial charge in [-0.15, -0.1) is 0 Å². The van der Waals surface area contributed by atoms with E-state index in [1.54, 1.807) is 0 Å². The first-order valence-electron chi connectivity index (χ1n) is 4.37. The highest BCUT2D eigenvalue weighted by atomic mass is 32.1. The molecule has 0 aliphatic carbocycles. The van der Waals surface area contributed by atoms with Gasteiger partial charge in [0.05, 0.1) is 12.8 Å². The molecule has 1 heterocycles. The normalized spacial score (nSPS) is 10.4. The summed E-state index contributed by atoms with van der Waals surface area (Å²) in [6, 6.07) is 4.05. The van der Waals surface area contributed by atoms with E-state index >= 15 is 0 Å². The lowest BCUT2D eigenvalue weighted by Gasteiger charge is -2.04. The van der Waals surface area contributed by atoms with Crippen molar-refractivity contribution in [2.45, 2.75) is 0 Å². The first-order chi connectivity index (χ1) is 7.63. The maximum Gasteiger partial charge on any atom is 0.347 e. The number of aromatic amines is 2. The predicted molar refractivity (Wildman–Crippen MR) is 58.1 cm³/mol. The summed E-state index contributed by atoms with van der Waals surface area (Å²) in [7, 11) is 1.35. The molecular weight excluding hydrogens is 233 g/mol. The average Bonchev–Trinajstić information content (AvgIpc) is 2.60. The molecule has 0 amide bonds. The van der Waals surface area contributed by atoms with Gasteiger partial charge in [-0.2, -0.15) is 0 Å². The second-order valence-corrected chi connectivity index (χ2v) is 3.40. The Balaban J connectivity index is 2.66. The Hall–Kier alpha value is -1.89. The first kappa shape index (κ1) is 10.6. The van der Waals surface area contributed by atoms with E-state index in [2.05, 4.69) is 10.2 Å². The number of nitrogens with zero attached hydrogens (tertiary/aromatic N) is 1. The second kappa shape index (κ2) is 3.93. The van der Waals surface area contributed by atoms with Gasteiger partial charge in [-0.25, -0.2) is 18.9 Å². The van der Waals surface area contributed by atoms with E-state index in [4.69, 9.17) is 17.0 Å². The first-order valence-corrected chi connectivity index (χ1v) is 4.78. The Morgan fingerprint density at radius 1 is 1.44 bits per heavy atom. The summed E-state index contributed by atoms with van der Waals surface area (Å²) in [5.74, 6) is -0.440. The summed E-state index contributed by atoms with van der Waals surface area (Å²) in [5.41, 5.74) is 0.0180. The van der Waals surface area contributed by atoms with Gasteiger partial charge < -0.3 is 4.74 Å². The maximum atomic E-state index is 13.2. The largest absolute Gasteiger partial charge is 0.494 e. The molecule has 0 spiro atoms. The Bertz CT molecular complexity index is 601. The summed E-state index contributed by atoms with van der Waals surface area (Å²) < 4.78 is 19.4. The van der Waals surface area contributed by atoms with Crippen LogP contribution in [0.3, 0.4) is 0 Å². The molecule has 0 saturated carbocycles. The van der Waals surface area contributed by atoms with Crippen LogP contribution in [-0.2, 0) is 0 Å². The number of benzene rings is 1. The van der Waals surface area contributed by atoms with Crippen LogP contribution >= 0.6 is 12.2 Å². The van der Waals surface area contributed by atoms with Crippen LogP contribution in [0, 0.1) is 10.6 Å². The molecule has 0 bridgehead atoms. The predicted octanol–water partition coefficient (Wildman–Crippen LogP) is 1.37. The summed E-state index contributed by atoms with van der Waals surface area (Å²) in [5, 5.41) is 4.82. The van der Waals surface area contributed by atoms with E-state index in [9.17, 15) is 9.18 Å². The number of nitrogens with one attached hydrogen (secondary N) is 2. The van der Waals surface area contributed by atoms with E-state index in [1.807, 2.05) is 0 Å². The Kier molecular flexibility index (Phi) is 2.61. The molecular formula is C9H8FN3O2S. The van der Waals surface area contributed by atoms with Crippen LogP contribution in [0.25, 0.3) is 5.69 Å². The summed E-state index contributed by atoms with van der Waals surface area (Å²) in [6.45, 7) is 0. The number of rotatable bonds is 2. The molecule has 2 N–H and O–H groups in total. The lowest BCUT2D eigenvalue weighted by molar-refractivity contribution is 0.386. The molecule has 5 nitrogen and oxygen atoms in total. The van der Waals surface area contributed by atoms with Crippen molar-refractivity contribution in [3.8, 4) is 11.4 Å². The van der Waals surface area contributed by atoms with E-state index in [0.29, 0.717) is 5.69 Å². The Morgan fingerprint density at radius 2 is 2.19 bits per heavy atom. The molecule has 0 atom stereocenters.